The second-order valence-electron chi connectivity index (χ2n) is 7.78. The van der Waals surface area contributed by atoms with Gasteiger partial charge in [-0.15, -0.1) is 0 Å². The van der Waals surface area contributed by atoms with Crippen molar-refractivity contribution in [2.75, 3.05) is 19.7 Å². The molecular formula is C23H29N3O3. The summed E-state index contributed by atoms with van der Waals surface area (Å²) in [5, 5.41) is 3.01. The Hall–Kier alpha value is -2.86. The second-order valence-corrected chi connectivity index (χ2v) is 7.78. The van der Waals surface area contributed by atoms with E-state index in [9.17, 15) is 9.59 Å². The van der Waals surface area contributed by atoms with Crippen LogP contribution < -0.4 is 15.8 Å². The molecule has 2 aromatic carbocycles. The Bertz CT molecular complexity index is 849. The van der Waals surface area contributed by atoms with Crippen molar-refractivity contribution >= 4 is 11.8 Å². The summed E-state index contributed by atoms with van der Waals surface area (Å²) in [6, 6.07) is 15.3. The van der Waals surface area contributed by atoms with Crippen LogP contribution in [0.4, 0.5) is 0 Å². The summed E-state index contributed by atoms with van der Waals surface area (Å²) in [5.41, 5.74) is 8.42. The molecule has 3 rings (SSSR count). The minimum atomic E-state index is -0.491. The number of carbonyl (C=O) groups excluding carboxylic acids is 2. The van der Waals surface area contributed by atoms with Crippen molar-refractivity contribution in [3.8, 4) is 5.75 Å². The number of ether oxygens (including phenoxy) is 1. The molecule has 0 aliphatic carbocycles. The van der Waals surface area contributed by atoms with Gasteiger partial charge in [-0.25, -0.2) is 0 Å². The molecule has 1 aliphatic heterocycles. The predicted octanol–water partition coefficient (Wildman–Crippen LogP) is 2.36. The van der Waals surface area contributed by atoms with Gasteiger partial charge < -0.3 is 15.8 Å². The normalized spacial score (nSPS) is 14.9. The third-order valence-corrected chi connectivity index (χ3v) is 5.42. The Kier molecular flexibility index (Phi) is 6.88. The van der Waals surface area contributed by atoms with E-state index in [-0.39, 0.29) is 18.6 Å². The van der Waals surface area contributed by atoms with Crippen molar-refractivity contribution in [3.05, 3.63) is 65.2 Å². The van der Waals surface area contributed by atoms with E-state index in [1.54, 1.807) is 24.3 Å². The van der Waals surface area contributed by atoms with Crippen LogP contribution in [0.1, 0.15) is 35.3 Å². The average molecular weight is 396 g/mol. The number of nitrogens with zero attached hydrogens (tertiary/aromatic N) is 1. The van der Waals surface area contributed by atoms with E-state index >= 15 is 0 Å². The zero-order valence-electron chi connectivity index (χ0n) is 17.1. The summed E-state index contributed by atoms with van der Waals surface area (Å²) in [6.45, 7) is 6.81. The molecule has 6 heteroatoms. The maximum absolute atomic E-state index is 12.3. The van der Waals surface area contributed by atoms with Gasteiger partial charge in [0.05, 0.1) is 0 Å². The van der Waals surface area contributed by atoms with E-state index in [0.29, 0.717) is 23.8 Å². The molecule has 2 aromatic rings. The van der Waals surface area contributed by atoms with Crippen molar-refractivity contribution < 1.29 is 14.3 Å². The summed E-state index contributed by atoms with van der Waals surface area (Å²) >= 11 is 0. The van der Waals surface area contributed by atoms with Crippen molar-refractivity contribution in [2.24, 2.45) is 11.7 Å². The third-order valence-electron chi connectivity index (χ3n) is 5.42. The molecule has 0 spiro atoms. The average Bonchev–Trinajstić information content (AvgIpc) is 2.72. The smallest absolute Gasteiger partial charge is 0.257 e. The molecule has 154 valence electrons. The number of nitrogens with one attached hydrogen (secondary N) is 1. The lowest BCUT2D eigenvalue weighted by Gasteiger charge is -2.38. The van der Waals surface area contributed by atoms with Crippen LogP contribution in [0.5, 0.6) is 5.75 Å². The molecular weight excluding hydrogens is 366 g/mol. The Labute approximate surface area is 172 Å². The Balaban J connectivity index is 1.50. The number of nitrogens with two attached hydrogens (primary N) is 1. The van der Waals surface area contributed by atoms with Gasteiger partial charge in [-0.05, 0) is 47.7 Å². The Morgan fingerprint density at radius 2 is 1.79 bits per heavy atom. The molecule has 1 aliphatic rings. The second kappa shape index (κ2) is 9.56. The first kappa shape index (κ1) is 20.9. The lowest BCUT2D eigenvalue weighted by Crippen LogP contribution is -2.49. The minimum Gasteiger partial charge on any atom is -0.484 e. The number of hydrogen-bond acceptors (Lipinski definition) is 4. The van der Waals surface area contributed by atoms with Crippen molar-refractivity contribution in [1.29, 1.82) is 0 Å². The van der Waals surface area contributed by atoms with E-state index in [2.05, 4.69) is 48.3 Å². The van der Waals surface area contributed by atoms with Crippen LogP contribution in [0.25, 0.3) is 0 Å². The molecule has 29 heavy (non-hydrogen) atoms. The minimum absolute atomic E-state index is 0.0659. The van der Waals surface area contributed by atoms with Crippen molar-refractivity contribution in [1.82, 2.24) is 10.2 Å². The molecule has 1 unspecified atom stereocenters. The molecule has 2 amide bonds. The van der Waals surface area contributed by atoms with Gasteiger partial charge in [-0.2, -0.15) is 0 Å². The fraction of sp³-hybridized carbons (Fsp3) is 0.391. The quantitative estimate of drug-likeness (QED) is 0.719. The lowest BCUT2D eigenvalue weighted by atomic mass is 9.95. The van der Waals surface area contributed by atoms with Crippen LogP contribution >= 0.6 is 0 Å². The summed E-state index contributed by atoms with van der Waals surface area (Å²) < 4.78 is 5.51. The standard InChI is InChI=1S/C23H29N3O3/c1-16(2)21(26-12-11-17-5-3-4-6-19(17)14-26)13-25-22(27)15-29-20-9-7-18(8-10-20)23(24)28/h3-10,16,21H,11-15H2,1-2H3,(H2,24,28)(H,25,27). The third kappa shape index (κ3) is 5.57. The van der Waals surface area contributed by atoms with Gasteiger partial charge >= 0.3 is 0 Å². The van der Waals surface area contributed by atoms with Crippen LogP contribution in [-0.2, 0) is 17.8 Å². The number of amides is 2. The summed E-state index contributed by atoms with van der Waals surface area (Å²) in [4.78, 5) is 25.8. The molecule has 0 fully saturated rings. The first-order valence-electron chi connectivity index (χ1n) is 10.0. The van der Waals surface area contributed by atoms with Crippen LogP contribution in [0.2, 0.25) is 0 Å². The molecule has 0 radical (unpaired) electrons. The molecule has 0 aromatic heterocycles. The number of carbonyl (C=O) groups is 2. The SMILES string of the molecule is CC(C)C(CNC(=O)COc1ccc(C(N)=O)cc1)N1CCc2ccccc2C1. The molecule has 0 saturated carbocycles. The monoisotopic (exact) mass is 395 g/mol. The highest BCUT2D eigenvalue weighted by Gasteiger charge is 2.26. The van der Waals surface area contributed by atoms with E-state index in [1.165, 1.54) is 11.1 Å². The van der Waals surface area contributed by atoms with E-state index in [1.807, 2.05) is 0 Å². The van der Waals surface area contributed by atoms with Crippen LogP contribution in [0, 0.1) is 5.92 Å². The van der Waals surface area contributed by atoms with Crippen molar-refractivity contribution in [3.63, 3.8) is 0 Å². The fourth-order valence-electron chi connectivity index (χ4n) is 3.72. The summed E-state index contributed by atoms with van der Waals surface area (Å²) in [6.07, 6.45) is 1.04. The maximum Gasteiger partial charge on any atom is 0.257 e. The topological polar surface area (TPSA) is 84.7 Å². The van der Waals surface area contributed by atoms with Crippen LogP contribution in [0.3, 0.4) is 0 Å². The van der Waals surface area contributed by atoms with E-state index in [0.717, 1.165) is 19.5 Å². The highest BCUT2D eigenvalue weighted by molar-refractivity contribution is 5.92. The predicted molar refractivity (Wildman–Crippen MR) is 113 cm³/mol. The molecule has 6 nitrogen and oxygen atoms in total. The molecule has 0 bridgehead atoms. The van der Waals surface area contributed by atoms with Crippen LogP contribution in [0.15, 0.2) is 48.5 Å². The molecule has 1 heterocycles. The number of hydrogen-bond donors (Lipinski definition) is 2. The molecule has 3 N–H and O–H groups in total. The largest absolute Gasteiger partial charge is 0.484 e. The van der Waals surface area contributed by atoms with Gasteiger partial charge in [0, 0.05) is 31.2 Å². The van der Waals surface area contributed by atoms with E-state index in [4.69, 9.17) is 10.5 Å². The first-order valence-corrected chi connectivity index (χ1v) is 10.0. The van der Waals surface area contributed by atoms with E-state index < -0.39 is 5.91 Å². The Morgan fingerprint density at radius 3 is 2.45 bits per heavy atom. The summed E-state index contributed by atoms with van der Waals surface area (Å²) in [5.74, 6) is 0.294. The van der Waals surface area contributed by atoms with Gasteiger partial charge in [-0.1, -0.05) is 38.1 Å². The van der Waals surface area contributed by atoms with Gasteiger partial charge in [0.1, 0.15) is 5.75 Å². The van der Waals surface area contributed by atoms with Gasteiger partial charge in [0.15, 0.2) is 6.61 Å². The number of benzene rings is 2. The maximum atomic E-state index is 12.3. The van der Waals surface area contributed by atoms with Gasteiger partial charge in [0.25, 0.3) is 5.91 Å². The highest BCUT2D eigenvalue weighted by Crippen LogP contribution is 2.22. The Morgan fingerprint density at radius 1 is 1.10 bits per heavy atom. The van der Waals surface area contributed by atoms with Crippen LogP contribution in [-0.4, -0.2) is 42.5 Å². The summed E-state index contributed by atoms with van der Waals surface area (Å²) in [7, 11) is 0. The van der Waals surface area contributed by atoms with Crippen molar-refractivity contribution in [2.45, 2.75) is 32.9 Å². The fourth-order valence-corrected chi connectivity index (χ4v) is 3.72. The lowest BCUT2D eigenvalue weighted by molar-refractivity contribution is -0.123. The molecule has 1 atom stereocenters. The van der Waals surface area contributed by atoms with Gasteiger partial charge in [0.2, 0.25) is 5.91 Å². The highest BCUT2D eigenvalue weighted by atomic mass is 16.5. The zero-order valence-corrected chi connectivity index (χ0v) is 17.1. The number of fused-ring (bicyclic) bond motifs is 1. The zero-order chi connectivity index (χ0) is 20.8. The number of rotatable bonds is 8. The number of primary amides is 1. The first-order chi connectivity index (χ1) is 13.9. The molecule has 0 saturated heterocycles. The van der Waals surface area contributed by atoms with Gasteiger partial charge in [-0.3, -0.25) is 14.5 Å².